The van der Waals surface area contributed by atoms with E-state index < -0.39 is 6.04 Å². The van der Waals surface area contributed by atoms with Crippen molar-refractivity contribution in [2.24, 2.45) is 5.73 Å². The van der Waals surface area contributed by atoms with Gasteiger partial charge in [-0.1, -0.05) is 30.3 Å². The SMILES string of the molecule is Cc1ccc2nc(CN3Cc4ccccc4CC3C(N)=O)cc(=O)n2c1. The van der Waals surface area contributed by atoms with Gasteiger partial charge in [0.05, 0.1) is 11.7 Å². The predicted octanol–water partition coefficient (Wildman–Crippen LogP) is 1.42. The Morgan fingerprint density at radius 3 is 2.77 bits per heavy atom. The standard InChI is InChI=1S/C20H20N4O2/c1-13-6-7-18-22-16(9-19(25)24(18)10-13)12-23-11-15-5-3-2-4-14(15)8-17(23)20(21)26/h2-7,9-10,17H,8,11-12H2,1H3,(H2,21,26). The van der Waals surface area contributed by atoms with Crippen molar-refractivity contribution in [3.63, 3.8) is 0 Å². The number of amides is 1. The van der Waals surface area contributed by atoms with Crippen molar-refractivity contribution in [2.45, 2.75) is 32.5 Å². The first kappa shape index (κ1) is 16.5. The van der Waals surface area contributed by atoms with E-state index >= 15 is 0 Å². The molecule has 1 unspecified atom stereocenters. The van der Waals surface area contributed by atoms with Crippen molar-refractivity contribution < 1.29 is 4.79 Å². The van der Waals surface area contributed by atoms with E-state index in [0.29, 0.717) is 30.9 Å². The van der Waals surface area contributed by atoms with Gasteiger partial charge < -0.3 is 5.73 Å². The van der Waals surface area contributed by atoms with Gasteiger partial charge in [-0.2, -0.15) is 0 Å². The summed E-state index contributed by atoms with van der Waals surface area (Å²) < 4.78 is 1.54. The molecule has 2 aromatic heterocycles. The van der Waals surface area contributed by atoms with Crippen LogP contribution in [0.4, 0.5) is 0 Å². The number of nitrogens with zero attached hydrogens (tertiary/aromatic N) is 3. The summed E-state index contributed by atoms with van der Waals surface area (Å²) in [5, 5.41) is 0. The van der Waals surface area contributed by atoms with E-state index in [1.807, 2.05) is 42.2 Å². The van der Waals surface area contributed by atoms with E-state index in [4.69, 9.17) is 5.73 Å². The number of hydrogen-bond donors (Lipinski definition) is 1. The zero-order valence-corrected chi connectivity index (χ0v) is 14.6. The number of hydrogen-bond acceptors (Lipinski definition) is 4. The predicted molar refractivity (Wildman–Crippen MR) is 98.6 cm³/mol. The second-order valence-corrected chi connectivity index (χ2v) is 6.82. The molecule has 6 heteroatoms. The first-order chi connectivity index (χ1) is 12.5. The van der Waals surface area contributed by atoms with Crippen molar-refractivity contribution in [1.29, 1.82) is 0 Å². The maximum Gasteiger partial charge on any atom is 0.258 e. The first-order valence-corrected chi connectivity index (χ1v) is 8.60. The first-order valence-electron chi connectivity index (χ1n) is 8.60. The Labute approximate surface area is 150 Å². The molecule has 1 aliphatic rings. The molecule has 0 bridgehead atoms. The molecule has 0 spiro atoms. The van der Waals surface area contributed by atoms with Gasteiger partial charge in [0, 0.05) is 25.4 Å². The van der Waals surface area contributed by atoms with E-state index in [0.717, 1.165) is 11.1 Å². The maximum atomic E-state index is 12.4. The number of rotatable bonds is 3. The minimum Gasteiger partial charge on any atom is -0.368 e. The van der Waals surface area contributed by atoms with E-state index in [2.05, 4.69) is 11.1 Å². The molecule has 0 saturated carbocycles. The monoisotopic (exact) mass is 348 g/mol. The van der Waals surface area contributed by atoms with Gasteiger partial charge in [0.25, 0.3) is 5.56 Å². The number of fused-ring (bicyclic) bond motifs is 2. The Morgan fingerprint density at radius 2 is 2.00 bits per heavy atom. The highest BCUT2D eigenvalue weighted by atomic mass is 16.1. The third-order valence-electron chi connectivity index (χ3n) is 4.90. The number of primary amides is 1. The number of nitrogens with two attached hydrogens (primary N) is 1. The molecule has 3 heterocycles. The van der Waals surface area contributed by atoms with Crippen LogP contribution in [0.1, 0.15) is 22.4 Å². The molecule has 0 fully saturated rings. The van der Waals surface area contributed by atoms with Crippen molar-refractivity contribution in [2.75, 3.05) is 0 Å². The third kappa shape index (κ3) is 2.99. The topological polar surface area (TPSA) is 80.7 Å². The number of aromatic nitrogens is 2. The number of carbonyl (C=O) groups excluding carboxylic acids is 1. The smallest absolute Gasteiger partial charge is 0.258 e. The van der Waals surface area contributed by atoms with Crippen LogP contribution in [-0.2, 0) is 24.3 Å². The highest BCUT2D eigenvalue weighted by molar-refractivity contribution is 5.80. The lowest BCUT2D eigenvalue weighted by Crippen LogP contribution is -2.48. The van der Waals surface area contributed by atoms with Crippen molar-refractivity contribution in [3.8, 4) is 0 Å². The van der Waals surface area contributed by atoms with Gasteiger partial charge >= 0.3 is 0 Å². The lowest BCUT2D eigenvalue weighted by molar-refractivity contribution is -0.124. The van der Waals surface area contributed by atoms with E-state index in [-0.39, 0.29) is 11.5 Å². The molecule has 0 saturated heterocycles. The molecular weight excluding hydrogens is 328 g/mol. The summed E-state index contributed by atoms with van der Waals surface area (Å²) in [6, 6.07) is 12.9. The average molecular weight is 348 g/mol. The summed E-state index contributed by atoms with van der Waals surface area (Å²) in [4.78, 5) is 31.0. The number of aryl methyl sites for hydroxylation is 1. The molecule has 26 heavy (non-hydrogen) atoms. The highest BCUT2D eigenvalue weighted by Crippen LogP contribution is 2.24. The highest BCUT2D eigenvalue weighted by Gasteiger charge is 2.30. The van der Waals surface area contributed by atoms with E-state index in [1.165, 1.54) is 16.0 Å². The van der Waals surface area contributed by atoms with Crippen LogP contribution in [0, 0.1) is 6.92 Å². The maximum absolute atomic E-state index is 12.4. The minimum absolute atomic E-state index is 0.123. The third-order valence-corrected chi connectivity index (χ3v) is 4.90. The van der Waals surface area contributed by atoms with Gasteiger partial charge in [0.15, 0.2) is 0 Å². The molecule has 1 aromatic carbocycles. The normalized spacial score (nSPS) is 17.2. The molecule has 6 nitrogen and oxygen atoms in total. The van der Waals surface area contributed by atoms with E-state index in [9.17, 15) is 9.59 Å². The van der Waals surface area contributed by atoms with Crippen LogP contribution < -0.4 is 11.3 Å². The molecule has 132 valence electrons. The van der Waals surface area contributed by atoms with Crippen LogP contribution in [0.25, 0.3) is 5.65 Å². The second kappa shape index (κ2) is 6.38. The molecule has 1 atom stereocenters. The lowest BCUT2D eigenvalue weighted by atomic mass is 9.93. The molecule has 4 rings (SSSR count). The Morgan fingerprint density at radius 1 is 1.23 bits per heavy atom. The van der Waals surface area contributed by atoms with Crippen molar-refractivity contribution in [1.82, 2.24) is 14.3 Å². The van der Waals surface area contributed by atoms with Crippen molar-refractivity contribution in [3.05, 3.63) is 81.4 Å². The number of pyridine rings is 1. The summed E-state index contributed by atoms with van der Waals surface area (Å²) in [7, 11) is 0. The average Bonchev–Trinajstić information content (AvgIpc) is 2.61. The molecular formula is C20H20N4O2. The van der Waals surface area contributed by atoms with Gasteiger partial charge in [-0.05, 0) is 36.1 Å². The Bertz CT molecular complexity index is 1060. The summed E-state index contributed by atoms with van der Waals surface area (Å²) in [5.74, 6) is -0.354. The minimum atomic E-state index is -0.400. The van der Waals surface area contributed by atoms with Crippen LogP contribution in [-0.4, -0.2) is 26.2 Å². The molecule has 0 aliphatic carbocycles. The van der Waals surface area contributed by atoms with Crippen LogP contribution in [0.3, 0.4) is 0 Å². The largest absolute Gasteiger partial charge is 0.368 e. The fraction of sp³-hybridized carbons (Fsp3) is 0.250. The summed E-state index contributed by atoms with van der Waals surface area (Å²) >= 11 is 0. The zero-order valence-electron chi connectivity index (χ0n) is 14.6. The quantitative estimate of drug-likeness (QED) is 0.776. The fourth-order valence-electron chi connectivity index (χ4n) is 3.57. The second-order valence-electron chi connectivity index (χ2n) is 6.82. The molecule has 1 aliphatic heterocycles. The molecule has 2 N–H and O–H groups in total. The Hall–Kier alpha value is -2.99. The molecule has 3 aromatic rings. The fourth-order valence-corrected chi connectivity index (χ4v) is 3.57. The van der Waals surface area contributed by atoms with Gasteiger partial charge in [-0.25, -0.2) is 4.98 Å². The number of carbonyl (C=O) groups is 1. The molecule has 0 radical (unpaired) electrons. The van der Waals surface area contributed by atoms with Gasteiger partial charge in [-0.15, -0.1) is 0 Å². The number of benzene rings is 1. The van der Waals surface area contributed by atoms with Crippen LogP contribution >= 0.6 is 0 Å². The summed E-state index contributed by atoms with van der Waals surface area (Å²) in [6.45, 7) is 2.95. The summed E-state index contributed by atoms with van der Waals surface area (Å²) in [5.41, 5.74) is 10.1. The Balaban J connectivity index is 1.69. The van der Waals surface area contributed by atoms with Gasteiger partial charge in [-0.3, -0.25) is 18.9 Å². The van der Waals surface area contributed by atoms with E-state index in [1.54, 1.807) is 6.20 Å². The van der Waals surface area contributed by atoms with Crippen LogP contribution in [0.2, 0.25) is 0 Å². The lowest BCUT2D eigenvalue weighted by Gasteiger charge is -2.34. The van der Waals surface area contributed by atoms with Gasteiger partial charge in [0.1, 0.15) is 5.65 Å². The summed E-state index contributed by atoms with van der Waals surface area (Å²) in [6.07, 6.45) is 2.36. The molecule has 1 amide bonds. The van der Waals surface area contributed by atoms with Crippen LogP contribution in [0.15, 0.2) is 53.5 Å². The van der Waals surface area contributed by atoms with Crippen molar-refractivity contribution >= 4 is 11.6 Å². The van der Waals surface area contributed by atoms with Crippen LogP contribution in [0.5, 0.6) is 0 Å². The van der Waals surface area contributed by atoms with Gasteiger partial charge in [0.2, 0.25) is 5.91 Å². The zero-order chi connectivity index (χ0) is 18.3. The Kier molecular flexibility index (Phi) is 4.05.